The summed E-state index contributed by atoms with van der Waals surface area (Å²) in [7, 11) is 0. The third-order valence-electron chi connectivity index (χ3n) is 3.81. The van der Waals surface area contributed by atoms with Gasteiger partial charge in [0.05, 0.1) is 6.54 Å². The minimum atomic E-state index is -0.785. The maximum atomic E-state index is 12.6. The lowest BCUT2D eigenvalue weighted by atomic mass is 10.0. The molecule has 1 atom stereocenters. The van der Waals surface area contributed by atoms with Crippen LogP contribution in [-0.4, -0.2) is 36.3 Å². The van der Waals surface area contributed by atoms with Crippen LogP contribution >= 0.6 is 0 Å². The normalized spacial score (nSPS) is 11.5. The van der Waals surface area contributed by atoms with Gasteiger partial charge >= 0.3 is 0 Å². The van der Waals surface area contributed by atoms with Crippen molar-refractivity contribution >= 4 is 17.7 Å². The molecule has 0 bridgehead atoms. The number of amides is 3. The summed E-state index contributed by atoms with van der Waals surface area (Å²) < 4.78 is 0. The molecule has 0 aliphatic heterocycles. The van der Waals surface area contributed by atoms with Crippen molar-refractivity contribution in [2.45, 2.75) is 32.4 Å². The van der Waals surface area contributed by atoms with Gasteiger partial charge in [-0.05, 0) is 31.5 Å². The molecule has 0 aliphatic rings. The molecular weight excluding hydrogens is 342 g/mol. The van der Waals surface area contributed by atoms with Crippen LogP contribution in [0.1, 0.15) is 29.8 Å². The quantitative estimate of drug-likeness (QED) is 0.663. The molecule has 3 N–H and O–H groups in total. The van der Waals surface area contributed by atoms with Crippen LogP contribution in [-0.2, 0) is 16.0 Å². The van der Waals surface area contributed by atoms with E-state index in [0.29, 0.717) is 12.0 Å². The zero-order valence-electron chi connectivity index (χ0n) is 15.6. The van der Waals surface area contributed by atoms with Crippen molar-refractivity contribution in [3.8, 4) is 0 Å². The van der Waals surface area contributed by atoms with Crippen molar-refractivity contribution in [3.63, 3.8) is 0 Å². The van der Waals surface area contributed by atoms with E-state index in [0.717, 1.165) is 5.56 Å². The lowest BCUT2D eigenvalue weighted by molar-refractivity contribution is -0.127. The summed E-state index contributed by atoms with van der Waals surface area (Å²) in [6.07, 6.45) is 0.330. The first-order valence-electron chi connectivity index (χ1n) is 8.92. The monoisotopic (exact) mass is 367 g/mol. The number of benzene rings is 2. The van der Waals surface area contributed by atoms with Gasteiger partial charge in [-0.15, -0.1) is 0 Å². The molecule has 3 amide bonds. The molecule has 0 heterocycles. The summed E-state index contributed by atoms with van der Waals surface area (Å²) in [5.74, 6) is -1.01. The molecule has 27 heavy (non-hydrogen) atoms. The standard InChI is InChI=1S/C21H25N3O3/c1-15(2)23-19(25)14-22-21(27)18(13-16-9-5-3-6-10-16)24-20(26)17-11-7-4-8-12-17/h3-12,15,18H,13-14H2,1-2H3,(H,22,27)(H,23,25)(H,24,26)/t18-/m0/s1. The van der Waals surface area contributed by atoms with E-state index >= 15 is 0 Å². The van der Waals surface area contributed by atoms with Gasteiger partial charge in [0.15, 0.2) is 0 Å². The van der Waals surface area contributed by atoms with Gasteiger partial charge in [-0.2, -0.15) is 0 Å². The number of nitrogens with one attached hydrogen (secondary N) is 3. The molecular formula is C21H25N3O3. The summed E-state index contributed by atoms with van der Waals surface area (Å²) in [6, 6.07) is 17.3. The number of rotatable bonds is 8. The fourth-order valence-electron chi connectivity index (χ4n) is 2.55. The highest BCUT2D eigenvalue weighted by Gasteiger charge is 2.22. The molecule has 142 valence electrons. The van der Waals surface area contributed by atoms with Gasteiger partial charge < -0.3 is 16.0 Å². The average molecular weight is 367 g/mol. The molecule has 6 heteroatoms. The van der Waals surface area contributed by atoms with Gasteiger partial charge in [0, 0.05) is 18.0 Å². The highest BCUT2D eigenvalue weighted by atomic mass is 16.2. The SMILES string of the molecule is CC(C)NC(=O)CNC(=O)[C@H](Cc1ccccc1)NC(=O)c1ccccc1. The van der Waals surface area contributed by atoms with E-state index < -0.39 is 11.9 Å². The lowest BCUT2D eigenvalue weighted by Crippen LogP contribution is -2.50. The molecule has 0 spiro atoms. The van der Waals surface area contributed by atoms with Crippen molar-refractivity contribution < 1.29 is 14.4 Å². The molecule has 0 saturated carbocycles. The zero-order chi connectivity index (χ0) is 19.6. The summed E-state index contributed by atoms with van der Waals surface area (Å²) in [6.45, 7) is 3.56. The Morgan fingerprint density at radius 3 is 2.04 bits per heavy atom. The number of hydrogen-bond acceptors (Lipinski definition) is 3. The van der Waals surface area contributed by atoms with Crippen LogP contribution in [0.3, 0.4) is 0 Å². The lowest BCUT2D eigenvalue weighted by Gasteiger charge is -2.19. The Morgan fingerprint density at radius 2 is 1.44 bits per heavy atom. The minimum absolute atomic E-state index is 0.00713. The first kappa shape index (κ1) is 20.2. The fraction of sp³-hybridized carbons (Fsp3) is 0.286. The van der Waals surface area contributed by atoms with E-state index in [1.165, 1.54) is 0 Å². The Hall–Kier alpha value is -3.15. The van der Waals surface area contributed by atoms with Gasteiger partial charge in [0.25, 0.3) is 5.91 Å². The van der Waals surface area contributed by atoms with Crippen molar-refractivity contribution in [2.24, 2.45) is 0 Å². The van der Waals surface area contributed by atoms with Crippen molar-refractivity contribution in [2.75, 3.05) is 6.54 Å². The Bertz CT molecular complexity index is 761. The van der Waals surface area contributed by atoms with Crippen molar-refractivity contribution in [3.05, 3.63) is 71.8 Å². The minimum Gasteiger partial charge on any atom is -0.352 e. The second kappa shape index (κ2) is 10.1. The maximum absolute atomic E-state index is 12.6. The summed E-state index contributed by atoms with van der Waals surface area (Å²) in [5.41, 5.74) is 1.39. The molecule has 0 aromatic heterocycles. The third-order valence-corrected chi connectivity index (χ3v) is 3.81. The molecule has 2 rings (SSSR count). The zero-order valence-corrected chi connectivity index (χ0v) is 15.6. The Balaban J connectivity index is 2.05. The predicted molar refractivity (Wildman–Crippen MR) is 104 cm³/mol. The van der Waals surface area contributed by atoms with Gasteiger partial charge in [0.1, 0.15) is 6.04 Å². The van der Waals surface area contributed by atoms with E-state index in [4.69, 9.17) is 0 Å². The molecule has 0 radical (unpaired) electrons. The van der Waals surface area contributed by atoms with E-state index in [2.05, 4.69) is 16.0 Å². The Kier molecular flexibility index (Phi) is 7.55. The van der Waals surface area contributed by atoms with Gasteiger partial charge in [0.2, 0.25) is 11.8 Å². The second-order valence-corrected chi connectivity index (χ2v) is 6.52. The van der Waals surface area contributed by atoms with Crippen molar-refractivity contribution in [1.82, 2.24) is 16.0 Å². The molecule has 0 aliphatic carbocycles. The van der Waals surface area contributed by atoms with E-state index in [-0.39, 0.29) is 24.4 Å². The van der Waals surface area contributed by atoms with Crippen LogP contribution in [0.2, 0.25) is 0 Å². The van der Waals surface area contributed by atoms with E-state index in [1.807, 2.05) is 50.2 Å². The van der Waals surface area contributed by atoms with Crippen LogP contribution in [0, 0.1) is 0 Å². The largest absolute Gasteiger partial charge is 0.352 e. The van der Waals surface area contributed by atoms with E-state index in [9.17, 15) is 14.4 Å². The Morgan fingerprint density at radius 1 is 0.852 bits per heavy atom. The molecule has 0 saturated heterocycles. The van der Waals surface area contributed by atoms with Crippen LogP contribution in [0.5, 0.6) is 0 Å². The highest BCUT2D eigenvalue weighted by molar-refractivity contribution is 5.98. The predicted octanol–water partition coefficient (Wildman–Crippen LogP) is 1.67. The third kappa shape index (κ3) is 6.93. The molecule has 0 fully saturated rings. The van der Waals surface area contributed by atoms with Gasteiger partial charge in [-0.3, -0.25) is 14.4 Å². The topological polar surface area (TPSA) is 87.3 Å². The second-order valence-electron chi connectivity index (χ2n) is 6.52. The van der Waals surface area contributed by atoms with Crippen LogP contribution in [0.4, 0.5) is 0 Å². The smallest absolute Gasteiger partial charge is 0.251 e. The van der Waals surface area contributed by atoms with Gasteiger partial charge in [-0.25, -0.2) is 0 Å². The first-order valence-corrected chi connectivity index (χ1v) is 8.92. The van der Waals surface area contributed by atoms with Crippen LogP contribution in [0.25, 0.3) is 0 Å². The number of hydrogen-bond donors (Lipinski definition) is 3. The summed E-state index contributed by atoms with van der Waals surface area (Å²) >= 11 is 0. The molecule has 2 aromatic rings. The Labute approximate surface area is 159 Å². The summed E-state index contributed by atoms with van der Waals surface area (Å²) in [4.78, 5) is 36.8. The number of carbonyl (C=O) groups is 3. The summed E-state index contributed by atoms with van der Waals surface area (Å²) in [5, 5.41) is 8.08. The number of carbonyl (C=O) groups excluding carboxylic acids is 3. The average Bonchev–Trinajstić information content (AvgIpc) is 2.66. The van der Waals surface area contributed by atoms with Gasteiger partial charge in [-0.1, -0.05) is 48.5 Å². The maximum Gasteiger partial charge on any atom is 0.251 e. The highest BCUT2D eigenvalue weighted by Crippen LogP contribution is 2.06. The first-order chi connectivity index (χ1) is 13.0. The molecule has 0 unspecified atom stereocenters. The molecule has 2 aromatic carbocycles. The van der Waals surface area contributed by atoms with Crippen LogP contribution in [0.15, 0.2) is 60.7 Å². The van der Waals surface area contributed by atoms with E-state index in [1.54, 1.807) is 24.3 Å². The van der Waals surface area contributed by atoms with Crippen molar-refractivity contribution in [1.29, 1.82) is 0 Å². The fourth-order valence-corrected chi connectivity index (χ4v) is 2.55. The molecule has 6 nitrogen and oxygen atoms in total. The van der Waals surface area contributed by atoms with Crippen LogP contribution < -0.4 is 16.0 Å².